The van der Waals surface area contributed by atoms with Crippen LogP contribution in [0.25, 0.3) is 16.6 Å². The Labute approximate surface area is 193 Å². The molecule has 0 spiro atoms. The normalized spacial score (nSPS) is 16.7. The number of fused-ring (bicyclic) bond motifs is 1. The van der Waals surface area contributed by atoms with E-state index in [0.29, 0.717) is 31.9 Å². The Morgan fingerprint density at radius 1 is 1.09 bits per heavy atom. The Hall–Kier alpha value is -3.51. The standard InChI is InChI=1S/C27H28N4O2/c1-19-13-20(2)31(29-19)25-7-3-5-24(16-25)27(32)30-11-12-33-18-22(17-30)14-21-8-9-26-23(15-21)6-4-10-28-26/h3-10,13,15-16,22H,11-12,14,17-18H2,1-2H3. The Kier molecular flexibility index (Phi) is 5.92. The summed E-state index contributed by atoms with van der Waals surface area (Å²) >= 11 is 0. The first-order valence-electron chi connectivity index (χ1n) is 11.4. The van der Waals surface area contributed by atoms with E-state index in [9.17, 15) is 4.79 Å². The summed E-state index contributed by atoms with van der Waals surface area (Å²) in [4.78, 5) is 19.8. The highest BCUT2D eigenvalue weighted by Crippen LogP contribution is 2.21. The van der Waals surface area contributed by atoms with E-state index in [4.69, 9.17) is 4.74 Å². The van der Waals surface area contributed by atoms with Crippen LogP contribution in [-0.4, -0.2) is 51.9 Å². The monoisotopic (exact) mass is 440 g/mol. The molecular formula is C27H28N4O2. The van der Waals surface area contributed by atoms with E-state index in [0.717, 1.165) is 34.4 Å². The molecule has 1 aliphatic heterocycles. The summed E-state index contributed by atoms with van der Waals surface area (Å²) in [5, 5.41) is 5.69. The number of nitrogens with zero attached hydrogens (tertiary/aromatic N) is 4. The Morgan fingerprint density at radius 3 is 2.85 bits per heavy atom. The molecule has 1 fully saturated rings. The summed E-state index contributed by atoms with van der Waals surface area (Å²) in [6.45, 7) is 6.48. The van der Waals surface area contributed by atoms with E-state index in [-0.39, 0.29) is 11.8 Å². The molecule has 4 aromatic rings. The smallest absolute Gasteiger partial charge is 0.254 e. The van der Waals surface area contributed by atoms with Crippen molar-refractivity contribution >= 4 is 16.8 Å². The van der Waals surface area contributed by atoms with Crippen LogP contribution in [0.5, 0.6) is 0 Å². The van der Waals surface area contributed by atoms with Gasteiger partial charge < -0.3 is 9.64 Å². The maximum absolute atomic E-state index is 13.4. The molecule has 6 nitrogen and oxygen atoms in total. The van der Waals surface area contributed by atoms with Crippen molar-refractivity contribution in [3.63, 3.8) is 0 Å². The third-order valence-corrected chi connectivity index (χ3v) is 6.16. The van der Waals surface area contributed by atoms with Gasteiger partial charge in [-0.25, -0.2) is 4.68 Å². The molecule has 2 aromatic carbocycles. The summed E-state index contributed by atoms with van der Waals surface area (Å²) < 4.78 is 7.76. The lowest BCUT2D eigenvalue weighted by Crippen LogP contribution is -2.36. The predicted octanol–water partition coefficient (Wildman–Crippen LogP) is 4.37. The molecule has 33 heavy (non-hydrogen) atoms. The van der Waals surface area contributed by atoms with Crippen LogP contribution in [0.1, 0.15) is 27.3 Å². The largest absolute Gasteiger partial charge is 0.379 e. The number of hydrogen-bond acceptors (Lipinski definition) is 4. The van der Waals surface area contributed by atoms with E-state index in [1.54, 1.807) is 0 Å². The first-order valence-corrected chi connectivity index (χ1v) is 11.4. The molecule has 3 heterocycles. The Bertz CT molecular complexity index is 1300. The van der Waals surface area contributed by atoms with Crippen molar-refractivity contribution in [1.29, 1.82) is 0 Å². The second kappa shape index (κ2) is 9.16. The highest BCUT2D eigenvalue weighted by Gasteiger charge is 2.24. The van der Waals surface area contributed by atoms with Crippen molar-refractivity contribution in [1.82, 2.24) is 19.7 Å². The quantitative estimate of drug-likeness (QED) is 0.473. The maximum Gasteiger partial charge on any atom is 0.254 e. The number of rotatable bonds is 4. The molecule has 0 aliphatic carbocycles. The number of amides is 1. The minimum Gasteiger partial charge on any atom is -0.379 e. The number of ether oxygens (including phenoxy) is 1. The highest BCUT2D eigenvalue weighted by molar-refractivity contribution is 5.94. The molecule has 1 saturated heterocycles. The zero-order valence-electron chi connectivity index (χ0n) is 19.1. The molecule has 0 saturated carbocycles. The van der Waals surface area contributed by atoms with Gasteiger partial charge in [-0.3, -0.25) is 9.78 Å². The molecule has 1 amide bonds. The average Bonchev–Trinajstić information content (AvgIpc) is 3.02. The van der Waals surface area contributed by atoms with E-state index >= 15 is 0 Å². The Morgan fingerprint density at radius 2 is 2.00 bits per heavy atom. The molecule has 0 radical (unpaired) electrons. The number of carbonyl (C=O) groups is 1. The molecule has 6 heteroatoms. The molecule has 168 valence electrons. The highest BCUT2D eigenvalue weighted by atomic mass is 16.5. The lowest BCUT2D eigenvalue weighted by Gasteiger charge is -2.24. The fraction of sp³-hybridized carbons (Fsp3) is 0.296. The van der Waals surface area contributed by atoms with Gasteiger partial charge in [0.05, 0.1) is 30.1 Å². The number of aryl methyl sites for hydroxylation is 2. The fourth-order valence-corrected chi connectivity index (χ4v) is 4.62. The van der Waals surface area contributed by atoms with Gasteiger partial charge in [-0.15, -0.1) is 0 Å². The second-order valence-electron chi connectivity index (χ2n) is 8.82. The first kappa shape index (κ1) is 21.3. The minimum absolute atomic E-state index is 0.0385. The third-order valence-electron chi connectivity index (χ3n) is 6.16. The molecule has 5 rings (SSSR count). The van der Waals surface area contributed by atoms with Crippen LogP contribution < -0.4 is 0 Å². The number of hydrogen-bond donors (Lipinski definition) is 0. The van der Waals surface area contributed by atoms with Crippen molar-refractivity contribution in [2.45, 2.75) is 20.3 Å². The van der Waals surface area contributed by atoms with Gasteiger partial charge in [0, 0.05) is 41.8 Å². The maximum atomic E-state index is 13.4. The summed E-state index contributed by atoms with van der Waals surface area (Å²) in [7, 11) is 0. The van der Waals surface area contributed by atoms with Crippen molar-refractivity contribution in [3.05, 3.63) is 89.4 Å². The van der Waals surface area contributed by atoms with Gasteiger partial charge in [0.2, 0.25) is 0 Å². The van der Waals surface area contributed by atoms with Crippen LogP contribution in [0.2, 0.25) is 0 Å². The van der Waals surface area contributed by atoms with E-state index < -0.39 is 0 Å². The number of pyridine rings is 1. The Balaban J connectivity index is 1.33. The van der Waals surface area contributed by atoms with Gasteiger partial charge in [-0.2, -0.15) is 5.10 Å². The van der Waals surface area contributed by atoms with Crippen LogP contribution in [-0.2, 0) is 11.2 Å². The number of aromatic nitrogens is 3. The fourth-order valence-electron chi connectivity index (χ4n) is 4.62. The van der Waals surface area contributed by atoms with Crippen LogP contribution in [0, 0.1) is 19.8 Å². The summed E-state index contributed by atoms with van der Waals surface area (Å²) in [6.07, 6.45) is 2.68. The molecule has 1 atom stereocenters. The average molecular weight is 441 g/mol. The summed E-state index contributed by atoms with van der Waals surface area (Å²) in [6, 6.07) is 20.2. The van der Waals surface area contributed by atoms with Gasteiger partial charge in [-0.1, -0.05) is 18.2 Å². The van der Waals surface area contributed by atoms with Crippen LogP contribution in [0.15, 0.2) is 66.9 Å². The lowest BCUT2D eigenvalue weighted by atomic mass is 9.98. The van der Waals surface area contributed by atoms with E-state index in [1.807, 2.05) is 66.0 Å². The molecule has 0 bridgehead atoms. The zero-order valence-corrected chi connectivity index (χ0v) is 19.1. The SMILES string of the molecule is Cc1cc(C)n(-c2cccc(C(=O)N3CCOCC(Cc4ccc5ncccc5c4)C3)c2)n1. The lowest BCUT2D eigenvalue weighted by molar-refractivity contribution is 0.0737. The number of benzene rings is 2. The van der Waals surface area contributed by atoms with Gasteiger partial charge in [0.1, 0.15) is 0 Å². The van der Waals surface area contributed by atoms with E-state index in [1.165, 1.54) is 5.56 Å². The van der Waals surface area contributed by atoms with Gasteiger partial charge in [-0.05, 0) is 68.3 Å². The predicted molar refractivity (Wildman–Crippen MR) is 129 cm³/mol. The van der Waals surface area contributed by atoms with Crippen LogP contribution in [0.3, 0.4) is 0 Å². The van der Waals surface area contributed by atoms with Gasteiger partial charge in [0.15, 0.2) is 0 Å². The van der Waals surface area contributed by atoms with Crippen molar-refractivity contribution in [2.24, 2.45) is 5.92 Å². The van der Waals surface area contributed by atoms with Crippen molar-refractivity contribution in [2.75, 3.05) is 26.3 Å². The van der Waals surface area contributed by atoms with Gasteiger partial charge in [0.25, 0.3) is 5.91 Å². The van der Waals surface area contributed by atoms with Gasteiger partial charge >= 0.3 is 0 Å². The van der Waals surface area contributed by atoms with Crippen LogP contribution in [0.4, 0.5) is 0 Å². The molecular weight excluding hydrogens is 412 g/mol. The van der Waals surface area contributed by atoms with Crippen molar-refractivity contribution in [3.8, 4) is 5.69 Å². The van der Waals surface area contributed by atoms with Crippen molar-refractivity contribution < 1.29 is 9.53 Å². The van der Waals surface area contributed by atoms with E-state index in [2.05, 4.69) is 34.3 Å². The topological polar surface area (TPSA) is 60.2 Å². The first-order chi connectivity index (χ1) is 16.1. The summed E-state index contributed by atoms with van der Waals surface area (Å²) in [5.41, 5.74) is 5.83. The zero-order chi connectivity index (χ0) is 22.8. The molecule has 1 aliphatic rings. The summed E-state index contributed by atoms with van der Waals surface area (Å²) in [5.74, 6) is 0.279. The van der Waals surface area contributed by atoms with Crippen LogP contribution >= 0.6 is 0 Å². The molecule has 2 aromatic heterocycles. The third kappa shape index (κ3) is 4.66. The second-order valence-corrected chi connectivity index (χ2v) is 8.82. The molecule has 1 unspecified atom stereocenters. The molecule has 0 N–H and O–H groups in total. The number of carbonyl (C=O) groups excluding carboxylic acids is 1. The minimum atomic E-state index is 0.0385.